The molecule has 0 spiro atoms. The Hall–Kier alpha value is -3.88. The summed E-state index contributed by atoms with van der Waals surface area (Å²) in [5.41, 5.74) is 14.2. The molecule has 5 aromatic carbocycles. The summed E-state index contributed by atoms with van der Waals surface area (Å²) in [5, 5.41) is 2.83. The molecule has 3 fully saturated rings. The summed E-state index contributed by atoms with van der Waals surface area (Å²) in [5.74, 6) is 2.11. The molecule has 0 radical (unpaired) electrons. The largest absolute Gasteiger partial charge is 0.309 e. The molecule has 0 saturated heterocycles. The van der Waals surface area contributed by atoms with E-state index in [1.54, 1.807) is 11.1 Å². The van der Waals surface area contributed by atoms with Crippen LogP contribution in [0.5, 0.6) is 0 Å². The van der Waals surface area contributed by atoms with Crippen molar-refractivity contribution in [3.63, 3.8) is 0 Å². The molecule has 4 aliphatic rings. The van der Waals surface area contributed by atoms with Gasteiger partial charge in [0.05, 0.1) is 10.4 Å². The molecule has 4 aliphatic carbocycles. The molecule has 0 aliphatic heterocycles. The van der Waals surface area contributed by atoms with E-state index in [0.29, 0.717) is 11.8 Å². The molecule has 1 nitrogen and oxygen atoms in total. The number of fused-ring (bicyclic) bond motifs is 6. The minimum atomic E-state index is -0.0552. The Morgan fingerprint density at radius 3 is 1.70 bits per heavy atom. The Bertz CT molecular complexity index is 2270. The number of hydrogen-bond donors (Lipinski definition) is 0. The van der Waals surface area contributed by atoms with Gasteiger partial charge >= 0.3 is 0 Å². The summed E-state index contributed by atoms with van der Waals surface area (Å²) < 4.78 is 2.91. The van der Waals surface area contributed by atoms with Gasteiger partial charge in [-0.2, -0.15) is 0 Å². The fourth-order valence-corrected chi connectivity index (χ4v) is 12.5. The van der Waals surface area contributed by atoms with Crippen molar-refractivity contribution in [2.75, 3.05) is 4.90 Å². The molecule has 10 rings (SSSR count). The molecule has 0 amide bonds. The zero-order valence-corrected chi connectivity index (χ0v) is 32.7. The van der Waals surface area contributed by atoms with Crippen LogP contribution in [0.4, 0.5) is 17.1 Å². The lowest BCUT2D eigenvalue weighted by Crippen LogP contribution is -2.17. The minimum absolute atomic E-state index is 0.0552. The third-order valence-electron chi connectivity index (χ3n) is 14.1. The molecule has 0 atom stereocenters. The molecular formula is C51H55NS. The molecule has 3 saturated carbocycles. The van der Waals surface area contributed by atoms with Gasteiger partial charge in [-0.1, -0.05) is 138 Å². The Morgan fingerprint density at radius 2 is 1.02 bits per heavy atom. The van der Waals surface area contributed by atoms with E-state index in [4.69, 9.17) is 0 Å². The number of rotatable bonds is 6. The van der Waals surface area contributed by atoms with Gasteiger partial charge in [-0.05, 0) is 126 Å². The van der Waals surface area contributed by atoms with Crippen LogP contribution < -0.4 is 4.90 Å². The van der Waals surface area contributed by atoms with Crippen molar-refractivity contribution in [3.8, 4) is 11.1 Å². The molecule has 270 valence electrons. The van der Waals surface area contributed by atoms with Crippen molar-refractivity contribution in [1.29, 1.82) is 0 Å². The van der Waals surface area contributed by atoms with Gasteiger partial charge in [-0.25, -0.2) is 0 Å². The van der Waals surface area contributed by atoms with Crippen molar-refractivity contribution < 1.29 is 0 Å². The van der Waals surface area contributed by atoms with Crippen LogP contribution in [0.25, 0.3) is 31.3 Å². The van der Waals surface area contributed by atoms with E-state index in [0.717, 1.165) is 5.92 Å². The number of benzene rings is 5. The summed E-state index contributed by atoms with van der Waals surface area (Å²) >= 11 is 2.04. The Kier molecular flexibility index (Phi) is 8.74. The van der Waals surface area contributed by atoms with Gasteiger partial charge in [-0.15, -0.1) is 11.3 Å². The van der Waals surface area contributed by atoms with Crippen LogP contribution in [-0.2, 0) is 5.41 Å². The maximum absolute atomic E-state index is 2.59. The zero-order valence-electron chi connectivity index (χ0n) is 31.9. The van der Waals surface area contributed by atoms with E-state index in [1.807, 2.05) is 11.3 Å². The second-order valence-electron chi connectivity index (χ2n) is 17.6. The summed E-state index contributed by atoms with van der Waals surface area (Å²) in [4.78, 5) is 2.59. The van der Waals surface area contributed by atoms with Gasteiger partial charge in [0.1, 0.15) is 0 Å². The lowest BCUT2D eigenvalue weighted by atomic mass is 9.79. The van der Waals surface area contributed by atoms with Crippen LogP contribution in [-0.4, -0.2) is 0 Å². The second-order valence-corrected chi connectivity index (χ2v) is 18.6. The highest BCUT2D eigenvalue weighted by Crippen LogP contribution is 2.53. The van der Waals surface area contributed by atoms with Crippen LogP contribution in [0.2, 0.25) is 0 Å². The number of nitrogens with zero attached hydrogens (tertiary/aromatic N) is 1. The lowest BCUT2D eigenvalue weighted by Gasteiger charge is -2.29. The van der Waals surface area contributed by atoms with Crippen molar-refractivity contribution in [1.82, 2.24) is 0 Å². The number of thiophene rings is 1. The highest BCUT2D eigenvalue weighted by molar-refractivity contribution is 7.26. The Labute approximate surface area is 321 Å². The van der Waals surface area contributed by atoms with Gasteiger partial charge < -0.3 is 4.90 Å². The molecule has 53 heavy (non-hydrogen) atoms. The monoisotopic (exact) mass is 713 g/mol. The predicted octanol–water partition coefficient (Wildman–Crippen LogP) is 16.0. The summed E-state index contributed by atoms with van der Waals surface area (Å²) in [6.07, 6.45) is 20.4. The van der Waals surface area contributed by atoms with Gasteiger partial charge in [-0.3, -0.25) is 0 Å². The molecule has 0 N–H and O–H groups in total. The lowest BCUT2D eigenvalue weighted by molar-refractivity contribution is 0.443. The first kappa shape index (κ1) is 33.7. The van der Waals surface area contributed by atoms with Crippen LogP contribution in [0.15, 0.2) is 97.1 Å². The van der Waals surface area contributed by atoms with Gasteiger partial charge in [0.2, 0.25) is 0 Å². The zero-order chi connectivity index (χ0) is 35.5. The fourth-order valence-electron chi connectivity index (χ4n) is 11.1. The van der Waals surface area contributed by atoms with Crippen LogP contribution in [0.1, 0.15) is 156 Å². The minimum Gasteiger partial charge on any atom is -0.309 e. The number of anilines is 3. The van der Waals surface area contributed by atoms with E-state index < -0.39 is 0 Å². The summed E-state index contributed by atoms with van der Waals surface area (Å²) in [6.45, 7) is 4.93. The first-order valence-electron chi connectivity index (χ1n) is 21.2. The molecular weight excluding hydrogens is 659 g/mol. The van der Waals surface area contributed by atoms with Crippen molar-refractivity contribution in [2.45, 2.75) is 133 Å². The van der Waals surface area contributed by atoms with E-state index >= 15 is 0 Å². The number of hydrogen-bond acceptors (Lipinski definition) is 2. The topological polar surface area (TPSA) is 3.24 Å². The standard InChI is InChI=1S/C51H55NS/c1-51(2)46-32-38(35-16-8-4-9-17-35)26-30-42(46)43-31-29-40(33-47(43)51)52(39-27-24-36(25-28-39)34-14-6-3-7-15-34)48-23-13-22-45-44-21-12-20-41(49(44)53-50(45)48)37-18-10-5-11-19-37/h12-13,20-35,37H,3-11,14-19H2,1-2H3. The highest BCUT2D eigenvalue weighted by atomic mass is 32.1. The smallest absolute Gasteiger partial charge is 0.0640 e. The SMILES string of the molecule is CC1(C)c2cc(C3CCCCC3)ccc2-c2ccc(N(c3ccc(C4CCCCC4)cc3)c3cccc4c3sc3c(C5CCCCC5)cccc34)cc21. The van der Waals surface area contributed by atoms with E-state index in [2.05, 4.69) is 116 Å². The average molecular weight is 714 g/mol. The van der Waals surface area contributed by atoms with Gasteiger partial charge in [0.25, 0.3) is 0 Å². The van der Waals surface area contributed by atoms with E-state index in [1.165, 1.54) is 161 Å². The average Bonchev–Trinajstić information content (AvgIpc) is 3.71. The van der Waals surface area contributed by atoms with Crippen molar-refractivity contribution in [2.24, 2.45) is 0 Å². The van der Waals surface area contributed by atoms with Gasteiger partial charge in [0.15, 0.2) is 0 Å². The van der Waals surface area contributed by atoms with Crippen molar-refractivity contribution >= 4 is 48.6 Å². The molecule has 1 aromatic heterocycles. The third-order valence-corrected chi connectivity index (χ3v) is 15.4. The third kappa shape index (κ3) is 5.86. The van der Waals surface area contributed by atoms with Crippen LogP contribution in [0.3, 0.4) is 0 Å². The molecule has 2 heteroatoms. The normalized spacial score (nSPS) is 19.4. The fraction of sp³-hybridized carbons (Fsp3) is 0.412. The maximum Gasteiger partial charge on any atom is 0.0640 e. The van der Waals surface area contributed by atoms with Gasteiger partial charge in [0, 0.05) is 32.3 Å². The second kappa shape index (κ2) is 13.8. The van der Waals surface area contributed by atoms with Crippen LogP contribution >= 0.6 is 11.3 Å². The van der Waals surface area contributed by atoms with Crippen molar-refractivity contribution in [3.05, 3.63) is 125 Å². The Balaban J connectivity index is 1.11. The predicted molar refractivity (Wildman–Crippen MR) is 229 cm³/mol. The molecule has 0 unspecified atom stereocenters. The van der Waals surface area contributed by atoms with Crippen LogP contribution in [0, 0.1) is 0 Å². The molecule has 0 bridgehead atoms. The molecule has 6 aromatic rings. The summed E-state index contributed by atoms with van der Waals surface area (Å²) in [7, 11) is 0. The summed E-state index contributed by atoms with van der Waals surface area (Å²) in [6, 6.07) is 38.9. The highest BCUT2D eigenvalue weighted by Gasteiger charge is 2.37. The quantitative estimate of drug-likeness (QED) is 0.166. The maximum atomic E-state index is 2.59. The first-order chi connectivity index (χ1) is 26.0. The molecule has 1 heterocycles. The van der Waals surface area contributed by atoms with E-state index in [9.17, 15) is 0 Å². The van der Waals surface area contributed by atoms with E-state index in [-0.39, 0.29) is 5.41 Å². The first-order valence-corrected chi connectivity index (χ1v) is 22.0. The Morgan fingerprint density at radius 1 is 0.491 bits per heavy atom.